The first-order valence-electron chi connectivity index (χ1n) is 7.82. The first kappa shape index (κ1) is 15.8. The molecule has 2 aromatic carbocycles. The third-order valence-corrected chi connectivity index (χ3v) is 4.10. The number of fused-ring (bicyclic) bond motifs is 2. The lowest BCUT2D eigenvalue weighted by Crippen LogP contribution is -2.37. The largest absolute Gasteiger partial charge is 0.421 e. The average Bonchev–Trinajstić information content (AvgIpc) is 2.88. The summed E-state index contributed by atoms with van der Waals surface area (Å²) in [6.45, 7) is -0.487. The van der Waals surface area contributed by atoms with Gasteiger partial charge in [-0.1, -0.05) is 30.3 Å². The molecule has 7 nitrogen and oxygen atoms in total. The van der Waals surface area contributed by atoms with Crippen molar-refractivity contribution in [3.8, 4) is 0 Å². The summed E-state index contributed by atoms with van der Waals surface area (Å²) >= 11 is 0. The maximum absolute atomic E-state index is 12.3. The zero-order chi connectivity index (χ0) is 18.3. The van der Waals surface area contributed by atoms with Crippen molar-refractivity contribution < 1.29 is 18.8 Å². The van der Waals surface area contributed by atoms with Crippen molar-refractivity contribution in [1.29, 1.82) is 0 Å². The van der Waals surface area contributed by atoms with E-state index in [1.54, 1.807) is 36.4 Å². The molecule has 0 spiro atoms. The van der Waals surface area contributed by atoms with Crippen molar-refractivity contribution in [2.75, 3.05) is 11.9 Å². The number of nitrogens with one attached hydrogen (secondary N) is 1. The highest BCUT2D eigenvalue weighted by Crippen LogP contribution is 2.22. The summed E-state index contributed by atoms with van der Waals surface area (Å²) in [5, 5.41) is 3.05. The van der Waals surface area contributed by atoms with Crippen molar-refractivity contribution in [3.05, 3.63) is 76.1 Å². The first-order chi connectivity index (χ1) is 12.5. The lowest BCUT2D eigenvalue weighted by atomic mass is 10.1. The predicted octanol–water partition coefficient (Wildman–Crippen LogP) is 2.03. The van der Waals surface area contributed by atoms with Gasteiger partial charge in [0.15, 0.2) is 0 Å². The van der Waals surface area contributed by atoms with Crippen LogP contribution in [-0.2, 0) is 4.79 Å². The van der Waals surface area contributed by atoms with E-state index in [2.05, 4.69) is 5.32 Å². The van der Waals surface area contributed by atoms with Crippen molar-refractivity contribution in [3.63, 3.8) is 0 Å². The number of amides is 3. The van der Waals surface area contributed by atoms with Crippen molar-refractivity contribution in [1.82, 2.24) is 4.90 Å². The number of hydrogen-bond acceptors (Lipinski definition) is 5. The third-order valence-electron chi connectivity index (χ3n) is 4.10. The Hall–Kier alpha value is -3.74. The SMILES string of the molecule is O=C(CN1C(=O)c2ccccc2C1=O)Nc1cc2ccccc2oc1=O. The number of para-hydroxylation sites is 1. The minimum atomic E-state index is -0.709. The predicted molar refractivity (Wildman–Crippen MR) is 92.9 cm³/mol. The van der Waals surface area contributed by atoms with Gasteiger partial charge in [0.05, 0.1) is 11.1 Å². The molecular weight excluding hydrogens is 336 g/mol. The van der Waals surface area contributed by atoms with Gasteiger partial charge in [-0.05, 0) is 24.3 Å². The molecule has 1 aromatic heterocycles. The molecule has 0 unspecified atom stereocenters. The van der Waals surface area contributed by atoms with Gasteiger partial charge in [-0.3, -0.25) is 19.3 Å². The first-order valence-corrected chi connectivity index (χ1v) is 7.82. The molecule has 0 radical (unpaired) electrons. The number of imide groups is 1. The molecule has 1 N–H and O–H groups in total. The van der Waals surface area contributed by atoms with Gasteiger partial charge in [-0.2, -0.15) is 0 Å². The monoisotopic (exact) mass is 348 g/mol. The van der Waals surface area contributed by atoms with Gasteiger partial charge in [0.25, 0.3) is 11.8 Å². The molecule has 0 fully saturated rings. The van der Waals surface area contributed by atoms with Gasteiger partial charge in [-0.15, -0.1) is 0 Å². The van der Waals surface area contributed by atoms with Crippen LogP contribution < -0.4 is 10.9 Å². The van der Waals surface area contributed by atoms with E-state index in [4.69, 9.17) is 4.42 Å². The molecule has 0 saturated carbocycles. The second-order valence-corrected chi connectivity index (χ2v) is 5.78. The number of carbonyl (C=O) groups is 3. The van der Waals surface area contributed by atoms with Crippen molar-refractivity contribution in [2.45, 2.75) is 0 Å². The van der Waals surface area contributed by atoms with E-state index in [1.165, 1.54) is 18.2 Å². The third kappa shape index (κ3) is 2.55. The van der Waals surface area contributed by atoms with Crippen LogP contribution in [0.2, 0.25) is 0 Å². The Morgan fingerprint density at radius 1 is 0.923 bits per heavy atom. The topological polar surface area (TPSA) is 96.7 Å². The van der Waals surface area contributed by atoms with Gasteiger partial charge in [-0.25, -0.2) is 4.79 Å². The summed E-state index contributed by atoms with van der Waals surface area (Å²) in [7, 11) is 0. The van der Waals surface area contributed by atoms with E-state index >= 15 is 0 Å². The van der Waals surface area contributed by atoms with Crippen molar-refractivity contribution in [2.24, 2.45) is 0 Å². The minimum absolute atomic E-state index is 0.0506. The lowest BCUT2D eigenvalue weighted by Gasteiger charge is -2.13. The molecule has 4 rings (SSSR count). The molecule has 2 heterocycles. The van der Waals surface area contributed by atoms with Crippen LogP contribution in [0.4, 0.5) is 5.69 Å². The summed E-state index contributed by atoms with van der Waals surface area (Å²) in [5.74, 6) is -1.74. The highest BCUT2D eigenvalue weighted by Gasteiger charge is 2.36. The minimum Gasteiger partial charge on any atom is -0.421 e. The Morgan fingerprint density at radius 3 is 2.23 bits per heavy atom. The number of nitrogens with zero attached hydrogens (tertiary/aromatic N) is 1. The Labute approximate surface area is 146 Å². The Bertz CT molecular complexity index is 1100. The Kier molecular flexibility index (Phi) is 3.62. The van der Waals surface area contributed by atoms with Crippen LogP contribution in [-0.4, -0.2) is 29.2 Å². The van der Waals surface area contributed by atoms with Gasteiger partial charge < -0.3 is 9.73 Å². The standard InChI is InChI=1S/C19H12N2O5/c22-16(10-21-17(23)12-6-2-3-7-13(12)18(21)24)20-14-9-11-5-1-4-8-15(11)26-19(14)25/h1-9H,10H2,(H,20,22). The molecule has 7 heteroatoms. The molecule has 0 aliphatic carbocycles. The zero-order valence-electron chi connectivity index (χ0n) is 13.4. The van der Waals surface area contributed by atoms with Crippen LogP contribution in [0.5, 0.6) is 0 Å². The smallest absolute Gasteiger partial charge is 0.360 e. The summed E-state index contributed by atoms with van der Waals surface area (Å²) in [5.41, 5.74) is 0.159. The van der Waals surface area contributed by atoms with Crippen LogP contribution in [0, 0.1) is 0 Å². The fourth-order valence-electron chi connectivity index (χ4n) is 2.87. The fraction of sp³-hybridized carbons (Fsp3) is 0.0526. The normalized spacial score (nSPS) is 13.2. The van der Waals surface area contributed by atoms with E-state index in [9.17, 15) is 19.2 Å². The quantitative estimate of drug-likeness (QED) is 0.577. The van der Waals surface area contributed by atoms with Gasteiger partial charge in [0.1, 0.15) is 17.8 Å². The lowest BCUT2D eigenvalue weighted by molar-refractivity contribution is -0.116. The highest BCUT2D eigenvalue weighted by molar-refractivity contribution is 6.22. The second-order valence-electron chi connectivity index (χ2n) is 5.78. The van der Waals surface area contributed by atoms with E-state index in [0.29, 0.717) is 11.0 Å². The van der Waals surface area contributed by atoms with E-state index in [-0.39, 0.29) is 16.8 Å². The van der Waals surface area contributed by atoms with E-state index < -0.39 is 29.9 Å². The maximum atomic E-state index is 12.3. The van der Waals surface area contributed by atoms with Gasteiger partial charge >= 0.3 is 5.63 Å². The van der Waals surface area contributed by atoms with E-state index in [0.717, 1.165) is 4.90 Å². The molecule has 26 heavy (non-hydrogen) atoms. The maximum Gasteiger partial charge on any atom is 0.360 e. The molecule has 3 aromatic rings. The summed E-state index contributed by atoms with van der Waals surface area (Å²) in [6, 6.07) is 14.7. The summed E-state index contributed by atoms with van der Waals surface area (Å²) in [4.78, 5) is 49.7. The second kappa shape index (κ2) is 5.96. The average molecular weight is 348 g/mol. The van der Waals surface area contributed by atoms with Crippen molar-refractivity contribution >= 4 is 34.4 Å². The van der Waals surface area contributed by atoms with Crippen LogP contribution >= 0.6 is 0 Å². The molecule has 0 bridgehead atoms. The number of rotatable bonds is 3. The fourth-order valence-corrected chi connectivity index (χ4v) is 2.87. The summed E-state index contributed by atoms with van der Waals surface area (Å²) in [6.07, 6.45) is 0. The molecule has 3 amide bonds. The summed E-state index contributed by atoms with van der Waals surface area (Å²) < 4.78 is 5.14. The number of benzene rings is 2. The Morgan fingerprint density at radius 2 is 1.54 bits per heavy atom. The van der Waals surface area contributed by atoms with Crippen LogP contribution in [0.3, 0.4) is 0 Å². The molecule has 0 saturated heterocycles. The number of carbonyl (C=O) groups excluding carboxylic acids is 3. The molecule has 128 valence electrons. The van der Waals surface area contributed by atoms with Crippen LogP contribution in [0.25, 0.3) is 11.0 Å². The Balaban J connectivity index is 1.55. The molecule has 1 aliphatic rings. The number of hydrogen-bond donors (Lipinski definition) is 1. The van der Waals surface area contributed by atoms with Gasteiger partial charge in [0, 0.05) is 5.39 Å². The van der Waals surface area contributed by atoms with Crippen LogP contribution in [0.1, 0.15) is 20.7 Å². The highest BCUT2D eigenvalue weighted by atomic mass is 16.4. The molecular formula is C19H12N2O5. The zero-order valence-corrected chi connectivity index (χ0v) is 13.4. The molecule has 0 atom stereocenters. The number of anilines is 1. The molecule has 1 aliphatic heterocycles. The van der Waals surface area contributed by atoms with Crippen LogP contribution in [0.15, 0.2) is 63.8 Å². The van der Waals surface area contributed by atoms with E-state index in [1.807, 2.05) is 0 Å². The van der Waals surface area contributed by atoms with Gasteiger partial charge in [0.2, 0.25) is 5.91 Å².